The van der Waals surface area contributed by atoms with Crippen molar-refractivity contribution in [2.75, 3.05) is 18.4 Å². The molecule has 3 N–H and O–H groups in total. The largest absolute Gasteiger partial charge is 0.353 e. The molecule has 1 fully saturated rings. The zero-order valence-corrected chi connectivity index (χ0v) is 20.5. The number of carbonyl (C=O) groups is 1. The lowest BCUT2D eigenvalue weighted by Gasteiger charge is -2.32. The van der Waals surface area contributed by atoms with Gasteiger partial charge in [-0.2, -0.15) is 0 Å². The molecular formula is C23H20Cl2F2N4O3S. The summed E-state index contributed by atoms with van der Waals surface area (Å²) in [7, 11) is -4.18. The van der Waals surface area contributed by atoms with E-state index < -0.39 is 26.8 Å². The van der Waals surface area contributed by atoms with Crippen molar-refractivity contribution in [3.8, 4) is 0 Å². The van der Waals surface area contributed by atoms with Crippen LogP contribution in [0.1, 0.15) is 34.7 Å². The second kappa shape index (κ2) is 10.1. The van der Waals surface area contributed by atoms with Crippen LogP contribution in [0.4, 0.5) is 20.2 Å². The number of likely N-dealkylation sites (tertiary alicyclic amines) is 1. The Labute approximate surface area is 210 Å². The third-order valence-electron chi connectivity index (χ3n) is 5.80. The maximum atomic E-state index is 14.0. The Kier molecular flexibility index (Phi) is 7.27. The number of halogens is 4. The van der Waals surface area contributed by atoms with Crippen LogP contribution in [-0.2, 0) is 10.0 Å². The van der Waals surface area contributed by atoms with E-state index in [1.165, 1.54) is 18.2 Å². The third-order valence-corrected chi connectivity index (χ3v) is 7.21. The molecule has 0 aliphatic carbocycles. The van der Waals surface area contributed by atoms with E-state index in [4.69, 9.17) is 28.3 Å². The van der Waals surface area contributed by atoms with Gasteiger partial charge in [0.25, 0.3) is 15.9 Å². The van der Waals surface area contributed by atoms with Gasteiger partial charge in [-0.15, -0.1) is 0 Å². The normalized spacial score (nSPS) is 14.7. The average molecular weight is 541 g/mol. The number of hydrogen-bond donors (Lipinski definition) is 2. The molecule has 0 atom stereocenters. The van der Waals surface area contributed by atoms with Gasteiger partial charge in [-0.1, -0.05) is 35.3 Å². The molecule has 1 amide bonds. The van der Waals surface area contributed by atoms with Gasteiger partial charge in [0, 0.05) is 31.4 Å². The fourth-order valence-corrected chi connectivity index (χ4v) is 4.86. The molecule has 0 bridgehead atoms. The number of nitrogens with one attached hydrogen (secondary N) is 1. The molecule has 1 aromatic heterocycles. The summed E-state index contributed by atoms with van der Waals surface area (Å²) in [6, 6.07) is 9.61. The van der Waals surface area contributed by atoms with Crippen LogP contribution in [0.25, 0.3) is 0 Å². The molecule has 0 radical (unpaired) electrons. The Hall–Kier alpha value is -2.79. The highest BCUT2D eigenvalue weighted by atomic mass is 35.5. The number of pyridine rings is 1. The lowest BCUT2D eigenvalue weighted by atomic mass is 9.89. The number of nitrogens with zero attached hydrogens (tertiary/aromatic N) is 2. The number of rotatable bonds is 5. The van der Waals surface area contributed by atoms with Crippen LogP contribution >= 0.6 is 23.2 Å². The van der Waals surface area contributed by atoms with E-state index in [-0.39, 0.29) is 38.7 Å². The average Bonchev–Trinajstić information content (AvgIpc) is 2.82. The summed E-state index contributed by atoms with van der Waals surface area (Å²) < 4.78 is 50.9. The summed E-state index contributed by atoms with van der Waals surface area (Å²) in [5.74, 6) is -1.28. The van der Waals surface area contributed by atoms with Crippen molar-refractivity contribution in [2.24, 2.45) is 5.14 Å². The molecule has 184 valence electrons. The number of primary sulfonamides is 1. The summed E-state index contributed by atoms with van der Waals surface area (Å²) in [5.41, 5.74) is 1.17. The molecule has 7 nitrogen and oxygen atoms in total. The second-order valence-corrected chi connectivity index (χ2v) is 10.4. The molecule has 1 aliphatic rings. The molecule has 2 aromatic carbocycles. The topological polar surface area (TPSA) is 105 Å². The number of aromatic nitrogens is 1. The monoisotopic (exact) mass is 540 g/mol. The number of carbonyl (C=O) groups excluding carboxylic acids is 1. The number of sulfonamides is 1. The second-order valence-electron chi connectivity index (χ2n) is 8.10. The van der Waals surface area contributed by atoms with Crippen molar-refractivity contribution in [1.29, 1.82) is 0 Å². The maximum Gasteiger partial charge on any atom is 0.257 e. The predicted molar refractivity (Wildman–Crippen MR) is 130 cm³/mol. The predicted octanol–water partition coefficient (Wildman–Crippen LogP) is 5.08. The maximum absolute atomic E-state index is 14.0. The van der Waals surface area contributed by atoms with Gasteiger partial charge in [-0.25, -0.2) is 27.3 Å². The van der Waals surface area contributed by atoms with Crippen molar-refractivity contribution >= 4 is 50.5 Å². The fraction of sp³-hybridized carbons (Fsp3) is 0.217. The van der Waals surface area contributed by atoms with E-state index in [1.807, 2.05) is 0 Å². The van der Waals surface area contributed by atoms with Gasteiger partial charge < -0.3 is 10.2 Å². The first-order valence-corrected chi connectivity index (χ1v) is 12.8. The van der Waals surface area contributed by atoms with Crippen LogP contribution in [0.15, 0.2) is 53.7 Å². The smallest absolute Gasteiger partial charge is 0.257 e. The zero-order chi connectivity index (χ0) is 25.3. The molecule has 0 spiro atoms. The van der Waals surface area contributed by atoms with Crippen molar-refractivity contribution < 1.29 is 22.0 Å². The highest BCUT2D eigenvalue weighted by molar-refractivity contribution is 7.89. The van der Waals surface area contributed by atoms with Crippen molar-refractivity contribution in [1.82, 2.24) is 9.88 Å². The van der Waals surface area contributed by atoms with Gasteiger partial charge in [0.1, 0.15) is 11.6 Å². The van der Waals surface area contributed by atoms with Crippen molar-refractivity contribution in [2.45, 2.75) is 23.8 Å². The van der Waals surface area contributed by atoms with E-state index in [0.29, 0.717) is 25.9 Å². The molecule has 1 saturated heterocycles. The third kappa shape index (κ3) is 5.72. The SMILES string of the molecule is NS(=O)(=O)c1cc(Nc2cc(F)c(Cl)cc2Cl)c(C(=O)N2CCC(c3ccc(F)cc3)CC2)cn1. The Morgan fingerprint density at radius 1 is 1.03 bits per heavy atom. The lowest BCUT2D eigenvalue weighted by molar-refractivity contribution is 0.0713. The fourth-order valence-electron chi connectivity index (χ4n) is 3.95. The Bertz CT molecular complexity index is 1380. The quantitative estimate of drug-likeness (QED) is 0.439. The Morgan fingerprint density at radius 3 is 2.31 bits per heavy atom. The molecule has 2 heterocycles. The summed E-state index contributed by atoms with van der Waals surface area (Å²) in [6.45, 7) is 0.848. The number of piperidine rings is 1. The highest BCUT2D eigenvalue weighted by Gasteiger charge is 2.27. The van der Waals surface area contributed by atoms with Gasteiger partial charge in [-0.3, -0.25) is 4.79 Å². The number of amides is 1. The number of nitrogens with two attached hydrogens (primary N) is 1. The van der Waals surface area contributed by atoms with E-state index in [1.54, 1.807) is 17.0 Å². The van der Waals surface area contributed by atoms with Gasteiger partial charge in [-0.05, 0) is 42.5 Å². The molecule has 4 rings (SSSR count). The zero-order valence-electron chi connectivity index (χ0n) is 18.1. The summed E-state index contributed by atoms with van der Waals surface area (Å²) in [5, 5.41) is 7.40. The van der Waals surface area contributed by atoms with Crippen molar-refractivity contribution in [3.63, 3.8) is 0 Å². The molecule has 3 aromatic rings. The summed E-state index contributed by atoms with van der Waals surface area (Å²) in [4.78, 5) is 18.8. The number of hydrogen-bond acceptors (Lipinski definition) is 5. The van der Waals surface area contributed by atoms with E-state index in [0.717, 1.165) is 23.9 Å². The molecular weight excluding hydrogens is 521 g/mol. The van der Waals surface area contributed by atoms with Gasteiger partial charge in [0.15, 0.2) is 5.03 Å². The van der Waals surface area contributed by atoms with Crippen LogP contribution in [0.2, 0.25) is 10.0 Å². The van der Waals surface area contributed by atoms with Crippen LogP contribution in [-0.4, -0.2) is 37.3 Å². The Balaban J connectivity index is 1.60. The molecule has 12 heteroatoms. The summed E-state index contributed by atoms with van der Waals surface area (Å²) >= 11 is 11.9. The van der Waals surface area contributed by atoms with E-state index in [9.17, 15) is 22.0 Å². The Morgan fingerprint density at radius 2 is 1.69 bits per heavy atom. The highest BCUT2D eigenvalue weighted by Crippen LogP contribution is 2.34. The number of benzene rings is 2. The van der Waals surface area contributed by atoms with E-state index >= 15 is 0 Å². The molecule has 1 aliphatic heterocycles. The van der Waals surface area contributed by atoms with Crippen molar-refractivity contribution in [3.05, 3.63) is 81.5 Å². The first kappa shape index (κ1) is 25.3. The van der Waals surface area contributed by atoms with Crippen LogP contribution in [0.3, 0.4) is 0 Å². The minimum Gasteiger partial charge on any atom is -0.353 e. The minimum atomic E-state index is -4.18. The molecule has 0 saturated carbocycles. The van der Waals surface area contributed by atoms with Crippen LogP contribution < -0.4 is 10.5 Å². The number of anilines is 2. The lowest BCUT2D eigenvalue weighted by Crippen LogP contribution is -2.38. The van der Waals surface area contributed by atoms with Gasteiger partial charge in [0.05, 0.1) is 27.0 Å². The van der Waals surface area contributed by atoms with Crippen LogP contribution in [0.5, 0.6) is 0 Å². The van der Waals surface area contributed by atoms with E-state index in [2.05, 4.69) is 10.3 Å². The van der Waals surface area contributed by atoms with Gasteiger partial charge >= 0.3 is 0 Å². The van der Waals surface area contributed by atoms with Crippen LogP contribution in [0, 0.1) is 11.6 Å². The summed E-state index contributed by atoms with van der Waals surface area (Å²) in [6.07, 6.45) is 2.44. The first-order valence-electron chi connectivity index (χ1n) is 10.5. The molecule has 35 heavy (non-hydrogen) atoms. The van der Waals surface area contributed by atoms with Gasteiger partial charge in [0.2, 0.25) is 0 Å². The first-order chi connectivity index (χ1) is 16.5. The minimum absolute atomic E-state index is 0.0401. The molecule has 0 unspecified atom stereocenters. The standard InChI is InChI=1S/C23H20Cl2F2N4O3S/c24-17-9-18(25)21(10-19(17)27)30-20-11-22(35(28,33)34)29-12-16(20)23(32)31-7-5-14(6-8-31)13-1-3-15(26)4-2-13/h1-4,9-12,14H,5-8H2,(H,29,30)(H2,28,33,34).